The first-order chi connectivity index (χ1) is 6.97. The molecular weight excluding hydrogens is 198 g/mol. The van der Waals surface area contributed by atoms with E-state index >= 15 is 0 Å². The van der Waals surface area contributed by atoms with E-state index in [1.54, 1.807) is 0 Å². The van der Waals surface area contributed by atoms with Gasteiger partial charge in [-0.1, -0.05) is 6.58 Å². The van der Waals surface area contributed by atoms with Crippen LogP contribution in [0.4, 0.5) is 0 Å². The number of esters is 2. The maximum Gasteiger partial charge on any atom is 0.334 e. The zero-order valence-electron chi connectivity index (χ0n) is 9.41. The van der Waals surface area contributed by atoms with Crippen LogP contribution in [0.15, 0.2) is 12.2 Å². The lowest BCUT2D eigenvalue weighted by atomic mass is 10.2. The SMILES string of the molecule is C=C(CC(=O)OC)C(=O)OCCN(C)C. The van der Waals surface area contributed by atoms with Crippen LogP contribution in [0.5, 0.6) is 0 Å². The second-order valence-electron chi connectivity index (χ2n) is 3.30. The number of methoxy groups -OCH3 is 1. The summed E-state index contributed by atoms with van der Waals surface area (Å²) in [5.41, 5.74) is 0.112. The number of likely N-dealkylation sites (N-methyl/N-ethyl adjacent to an activating group) is 1. The Kier molecular flexibility index (Phi) is 6.37. The van der Waals surface area contributed by atoms with Crippen LogP contribution in [0, 0.1) is 0 Å². The van der Waals surface area contributed by atoms with Crippen LogP contribution in [0.2, 0.25) is 0 Å². The first kappa shape index (κ1) is 13.6. The molecular formula is C10H17NO4. The van der Waals surface area contributed by atoms with Crippen molar-refractivity contribution in [3.05, 3.63) is 12.2 Å². The van der Waals surface area contributed by atoms with Gasteiger partial charge in [-0.2, -0.15) is 0 Å². The third kappa shape index (κ3) is 6.68. The van der Waals surface area contributed by atoms with Gasteiger partial charge in [0, 0.05) is 12.1 Å². The second-order valence-corrected chi connectivity index (χ2v) is 3.30. The molecule has 0 aliphatic heterocycles. The van der Waals surface area contributed by atoms with Crippen molar-refractivity contribution in [3.63, 3.8) is 0 Å². The Balaban J connectivity index is 3.80. The van der Waals surface area contributed by atoms with Gasteiger partial charge >= 0.3 is 11.9 Å². The van der Waals surface area contributed by atoms with E-state index in [9.17, 15) is 9.59 Å². The zero-order chi connectivity index (χ0) is 11.8. The predicted molar refractivity (Wildman–Crippen MR) is 55.3 cm³/mol. The molecule has 5 nitrogen and oxygen atoms in total. The molecule has 0 saturated carbocycles. The lowest BCUT2D eigenvalue weighted by molar-refractivity contribution is -0.144. The first-order valence-electron chi connectivity index (χ1n) is 4.53. The Labute approximate surface area is 89.6 Å². The van der Waals surface area contributed by atoms with Crippen molar-refractivity contribution < 1.29 is 19.1 Å². The highest BCUT2D eigenvalue weighted by Gasteiger charge is 2.13. The van der Waals surface area contributed by atoms with Crippen molar-refractivity contribution in [2.45, 2.75) is 6.42 Å². The molecule has 0 heterocycles. The average Bonchev–Trinajstić information content (AvgIpc) is 2.16. The normalized spacial score (nSPS) is 9.87. The van der Waals surface area contributed by atoms with Crippen molar-refractivity contribution in [3.8, 4) is 0 Å². The van der Waals surface area contributed by atoms with Gasteiger partial charge in [0.05, 0.1) is 13.5 Å². The number of ether oxygens (including phenoxy) is 2. The monoisotopic (exact) mass is 215 g/mol. The topological polar surface area (TPSA) is 55.8 Å². The van der Waals surface area contributed by atoms with Gasteiger partial charge in [0.25, 0.3) is 0 Å². The summed E-state index contributed by atoms with van der Waals surface area (Å²) >= 11 is 0. The van der Waals surface area contributed by atoms with Crippen LogP contribution >= 0.6 is 0 Å². The Morgan fingerprint density at radius 3 is 2.40 bits per heavy atom. The molecule has 0 aromatic heterocycles. The lowest BCUT2D eigenvalue weighted by Crippen LogP contribution is -2.21. The smallest absolute Gasteiger partial charge is 0.334 e. The summed E-state index contributed by atoms with van der Waals surface area (Å²) in [6.45, 7) is 4.37. The quantitative estimate of drug-likeness (QED) is 0.468. The summed E-state index contributed by atoms with van der Waals surface area (Å²) in [6.07, 6.45) is -0.128. The fourth-order valence-electron chi connectivity index (χ4n) is 0.742. The summed E-state index contributed by atoms with van der Waals surface area (Å²) in [5, 5.41) is 0. The molecule has 0 saturated heterocycles. The fraction of sp³-hybridized carbons (Fsp3) is 0.600. The van der Waals surface area contributed by atoms with Crippen LogP contribution < -0.4 is 0 Å². The molecule has 0 fully saturated rings. The summed E-state index contributed by atoms with van der Waals surface area (Å²) in [6, 6.07) is 0. The maximum absolute atomic E-state index is 11.2. The lowest BCUT2D eigenvalue weighted by Gasteiger charge is -2.10. The number of carbonyl (C=O) groups is 2. The van der Waals surface area contributed by atoms with Crippen molar-refractivity contribution in [1.29, 1.82) is 0 Å². The predicted octanol–water partition coefficient (Wildman–Crippen LogP) is 0.210. The van der Waals surface area contributed by atoms with Crippen molar-refractivity contribution in [1.82, 2.24) is 4.90 Å². The second kappa shape index (κ2) is 7.00. The molecule has 0 N–H and O–H groups in total. The fourth-order valence-corrected chi connectivity index (χ4v) is 0.742. The van der Waals surface area contributed by atoms with Crippen LogP contribution in [0.1, 0.15) is 6.42 Å². The molecule has 86 valence electrons. The number of nitrogens with zero attached hydrogens (tertiary/aromatic N) is 1. The molecule has 0 aliphatic carbocycles. The van der Waals surface area contributed by atoms with Crippen LogP contribution in [0.3, 0.4) is 0 Å². The van der Waals surface area contributed by atoms with E-state index in [1.807, 2.05) is 19.0 Å². The maximum atomic E-state index is 11.2. The summed E-state index contributed by atoms with van der Waals surface area (Å²) < 4.78 is 9.27. The molecule has 0 rings (SSSR count). The Morgan fingerprint density at radius 2 is 1.93 bits per heavy atom. The molecule has 0 aromatic rings. The average molecular weight is 215 g/mol. The van der Waals surface area contributed by atoms with Crippen LogP contribution in [0.25, 0.3) is 0 Å². The van der Waals surface area contributed by atoms with E-state index < -0.39 is 11.9 Å². The molecule has 0 radical (unpaired) electrons. The van der Waals surface area contributed by atoms with Crippen molar-refractivity contribution in [2.75, 3.05) is 34.4 Å². The van der Waals surface area contributed by atoms with Gasteiger partial charge in [0.15, 0.2) is 0 Å². The zero-order valence-corrected chi connectivity index (χ0v) is 9.41. The van der Waals surface area contributed by atoms with Gasteiger partial charge in [-0.15, -0.1) is 0 Å². The van der Waals surface area contributed by atoms with Crippen LogP contribution in [-0.2, 0) is 19.1 Å². The highest BCUT2D eigenvalue weighted by molar-refractivity contribution is 5.93. The summed E-state index contributed by atoms with van der Waals surface area (Å²) in [7, 11) is 5.00. The number of rotatable bonds is 6. The number of hydrogen-bond acceptors (Lipinski definition) is 5. The molecule has 0 amide bonds. The highest BCUT2D eigenvalue weighted by Crippen LogP contribution is 2.02. The molecule has 0 aliphatic rings. The van der Waals surface area contributed by atoms with Gasteiger partial charge in [0.1, 0.15) is 6.61 Å². The number of carbonyl (C=O) groups excluding carboxylic acids is 2. The largest absolute Gasteiger partial charge is 0.469 e. The van der Waals surface area contributed by atoms with E-state index in [4.69, 9.17) is 4.74 Å². The van der Waals surface area contributed by atoms with E-state index in [2.05, 4.69) is 11.3 Å². The Bertz CT molecular complexity index is 248. The molecule has 0 bridgehead atoms. The Hall–Kier alpha value is -1.36. The third-order valence-corrected chi connectivity index (χ3v) is 1.65. The first-order valence-corrected chi connectivity index (χ1v) is 4.53. The molecule has 0 atom stereocenters. The molecule has 0 spiro atoms. The Morgan fingerprint density at radius 1 is 1.33 bits per heavy atom. The minimum absolute atomic E-state index is 0.112. The molecule has 0 unspecified atom stereocenters. The van der Waals surface area contributed by atoms with E-state index in [-0.39, 0.29) is 18.6 Å². The van der Waals surface area contributed by atoms with Gasteiger partial charge in [0.2, 0.25) is 0 Å². The molecule has 0 aromatic carbocycles. The van der Waals surface area contributed by atoms with E-state index in [0.29, 0.717) is 6.54 Å². The van der Waals surface area contributed by atoms with Gasteiger partial charge < -0.3 is 14.4 Å². The third-order valence-electron chi connectivity index (χ3n) is 1.65. The van der Waals surface area contributed by atoms with Crippen molar-refractivity contribution >= 4 is 11.9 Å². The van der Waals surface area contributed by atoms with Gasteiger partial charge in [-0.05, 0) is 14.1 Å². The van der Waals surface area contributed by atoms with Gasteiger partial charge in [-0.3, -0.25) is 4.79 Å². The molecule has 15 heavy (non-hydrogen) atoms. The van der Waals surface area contributed by atoms with Crippen LogP contribution in [-0.4, -0.2) is 51.2 Å². The van der Waals surface area contributed by atoms with E-state index in [0.717, 1.165) is 0 Å². The van der Waals surface area contributed by atoms with Gasteiger partial charge in [-0.25, -0.2) is 4.79 Å². The summed E-state index contributed by atoms with van der Waals surface area (Å²) in [5.74, 6) is -1.05. The molecule has 5 heteroatoms. The summed E-state index contributed by atoms with van der Waals surface area (Å²) in [4.78, 5) is 23.9. The van der Waals surface area contributed by atoms with E-state index in [1.165, 1.54) is 7.11 Å². The standard InChI is InChI=1S/C10H17NO4/c1-8(7-9(12)14-4)10(13)15-6-5-11(2)3/h1,5-7H2,2-4H3. The minimum Gasteiger partial charge on any atom is -0.469 e. The highest BCUT2D eigenvalue weighted by atomic mass is 16.5. The van der Waals surface area contributed by atoms with Crippen molar-refractivity contribution in [2.24, 2.45) is 0 Å². The minimum atomic E-state index is -0.553. The number of hydrogen-bond donors (Lipinski definition) is 0.